The van der Waals surface area contributed by atoms with Gasteiger partial charge in [-0.2, -0.15) is 0 Å². The van der Waals surface area contributed by atoms with Crippen LogP contribution in [0.3, 0.4) is 0 Å². The fraction of sp³-hybridized carbons (Fsp3) is 0.429. The first-order chi connectivity index (χ1) is 14.2. The maximum Gasteiger partial charge on any atom is 0.191 e. The van der Waals surface area contributed by atoms with Gasteiger partial charge in [-0.05, 0) is 36.2 Å². The number of hydrogen-bond acceptors (Lipinski definition) is 5. The number of nitrogens with one attached hydrogen (secondary N) is 2. The van der Waals surface area contributed by atoms with Crippen molar-refractivity contribution >= 4 is 35.8 Å². The SMILES string of the molecule is CN=C(NCc1ccc(OCCOC)cc1)NC1CCN(c2ncccc2F)C1.I. The van der Waals surface area contributed by atoms with Crippen LogP contribution in [-0.2, 0) is 11.3 Å². The van der Waals surface area contributed by atoms with E-state index in [2.05, 4.69) is 20.6 Å². The average Bonchev–Trinajstić information content (AvgIpc) is 3.21. The van der Waals surface area contributed by atoms with Crippen LogP contribution in [0.25, 0.3) is 0 Å². The van der Waals surface area contributed by atoms with Crippen molar-refractivity contribution in [2.45, 2.75) is 19.0 Å². The number of pyridine rings is 1. The predicted molar refractivity (Wildman–Crippen MR) is 127 cm³/mol. The van der Waals surface area contributed by atoms with E-state index in [4.69, 9.17) is 9.47 Å². The highest BCUT2D eigenvalue weighted by Crippen LogP contribution is 2.20. The van der Waals surface area contributed by atoms with Crippen molar-refractivity contribution in [2.75, 3.05) is 45.4 Å². The Hall–Kier alpha value is -2.14. The zero-order chi connectivity index (χ0) is 20.5. The maximum absolute atomic E-state index is 13.9. The fourth-order valence-electron chi connectivity index (χ4n) is 3.20. The summed E-state index contributed by atoms with van der Waals surface area (Å²) in [5, 5.41) is 6.73. The van der Waals surface area contributed by atoms with E-state index in [0.29, 0.717) is 32.1 Å². The Morgan fingerprint density at radius 3 is 2.77 bits per heavy atom. The molecule has 1 aliphatic rings. The molecule has 30 heavy (non-hydrogen) atoms. The molecule has 0 spiro atoms. The smallest absolute Gasteiger partial charge is 0.191 e. The average molecular weight is 529 g/mol. The summed E-state index contributed by atoms with van der Waals surface area (Å²) in [5.74, 6) is 1.66. The molecule has 2 aromatic rings. The highest BCUT2D eigenvalue weighted by atomic mass is 127. The van der Waals surface area contributed by atoms with Crippen LogP contribution >= 0.6 is 24.0 Å². The monoisotopic (exact) mass is 529 g/mol. The van der Waals surface area contributed by atoms with Gasteiger partial charge in [-0.1, -0.05) is 12.1 Å². The molecule has 9 heteroatoms. The van der Waals surface area contributed by atoms with Crippen molar-refractivity contribution in [1.82, 2.24) is 15.6 Å². The molecular weight excluding hydrogens is 500 g/mol. The van der Waals surface area contributed by atoms with Gasteiger partial charge < -0.3 is 25.0 Å². The van der Waals surface area contributed by atoms with Crippen molar-refractivity contribution in [1.29, 1.82) is 0 Å². The molecule has 2 heterocycles. The number of nitrogens with zero attached hydrogens (tertiary/aromatic N) is 3. The number of benzene rings is 1. The van der Waals surface area contributed by atoms with Gasteiger partial charge in [0.1, 0.15) is 12.4 Å². The molecule has 0 bridgehead atoms. The van der Waals surface area contributed by atoms with E-state index in [1.165, 1.54) is 6.07 Å². The second kappa shape index (κ2) is 12.5. The molecule has 1 unspecified atom stereocenters. The Labute approximate surface area is 194 Å². The van der Waals surface area contributed by atoms with Gasteiger partial charge in [0.05, 0.1) is 6.61 Å². The van der Waals surface area contributed by atoms with E-state index in [0.717, 1.165) is 30.2 Å². The van der Waals surface area contributed by atoms with Gasteiger partial charge in [-0.15, -0.1) is 24.0 Å². The normalized spacial score (nSPS) is 16.2. The topological polar surface area (TPSA) is 71.0 Å². The van der Waals surface area contributed by atoms with E-state index in [1.807, 2.05) is 29.2 Å². The van der Waals surface area contributed by atoms with E-state index in [1.54, 1.807) is 26.4 Å². The molecular formula is C21H29FIN5O2. The molecule has 1 saturated heterocycles. The molecule has 1 fully saturated rings. The zero-order valence-electron chi connectivity index (χ0n) is 17.3. The summed E-state index contributed by atoms with van der Waals surface area (Å²) in [7, 11) is 3.40. The second-order valence-electron chi connectivity index (χ2n) is 6.80. The maximum atomic E-state index is 13.9. The number of methoxy groups -OCH3 is 1. The lowest BCUT2D eigenvalue weighted by molar-refractivity contribution is 0.146. The Morgan fingerprint density at radius 2 is 2.07 bits per heavy atom. The third-order valence-electron chi connectivity index (χ3n) is 4.73. The van der Waals surface area contributed by atoms with Gasteiger partial charge in [0.2, 0.25) is 0 Å². The molecule has 7 nitrogen and oxygen atoms in total. The van der Waals surface area contributed by atoms with Crippen LogP contribution < -0.4 is 20.3 Å². The largest absolute Gasteiger partial charge is 0.491 e. The van der Waals surface area contributed by atoms with Crippen LogP contribution in [0.1, 0.15) is 12.0 Å². The first-order valence-electron chi connectivity index (χ1n) is 9.73. The zero-order valence-corrected chi connectivity index (χ0v) is 19.6. The first kappa shape index (κ1) is 24.1. The number of hydrogen-bond donors (Lipinski definition) is 2. The van der Waals surface area contributed by atoms with Crippen LogP contribution in [0, 0.1) is 5.82 Å². The number of anilines is 1. The standard InChI is InChI=1S/C21H28FN5O2.HI/c1-23-21(25-14-16-5-7-18(8-6-16)29-13-12-28-2)26-17-9-11-27(15-17)20-19(22)4-3-10-24-20;/h3-8,10,17H,9,11-15H2,1-2H3,(H2,23,25,26);1H. The van der Waals surface area contributed by atoms with Crippen LogP contribution in [0.15, 0.2) is 47.6 Å². The molecule has 1 aliphatic heterocycles. The van der Waals surface area contributed by atoms with Crippen molar-refractivity contribution in [3.8, 4) is 5.75 Å². The minimum Gasteiger partial charge on any atom is -0.491 e. The van der Waals surface area contributed by atoms with Crippen LogP contribution in [0.2, 0.25) is 0 Å². The second-order valence-corrected chi connectivity index (χ2v) is 6.80. The first-order valence-corrected chi connectivity index (χ1v) is 9.73. The van der Waals surface area contributed by atoms with Gasteiger partial charge in [-0.3, -0.25) is 4.99 Å². The van der Waals surface area contributed by atoms with Crippen molar-refractivity contribution in [2.24, 2.45) is 4.99 Å². The Bertz CT molecular complexity index is 806. The molecule has 1 atom stereocenters. The predicted octanol–water partition coefficient (Wildman–Crippen LogP) is 2.81. The fourth-order valence-corrected chi connectivity index (χ4v) is 3.20. The molecule has 0 saturated carbocycles. The molecule has 0 aliphatic carbocycles. The van der Waals surface area contributed by atoms with Crippen molar-refractivity contribution < 1.29 is 13.9 Å². The number of ether oxygens (including phenoxy) is 2. The third-order valence-corrected chi connectivity index (χ3v) is 4.73. The molecule has 0 amide bonds. The highest BCUT2D eigenvalue weighted by Gasteiger charge is 2.25. The van der Waals surface area contributed by atoms with Crippen LogP contribution in [-0.4, -0.2) is 57.4 Å². The lowest BCUT2D eigenvalue weighted by Gasteiger charge is -2.20. The van der Waals surface area contributed by atoms with Gasteiger partial charge in [0.25, 0.3) is 0 Å². The number of aromatic nitrogens is 1. The summed E-state index contributed by atoms with van der Waals surface area (Å²) >= 11 is 0. The summed E-state index contributed by atoms with van der Waals surface area (Å²) in [5.41, 5.74) is 1.12. The Morgan fingerprint density at radius 1 is 1.27 bits per heavy atom. The minimum absolute atomic E-state index is 0. The molecule has 2 N–H and O–H groups in total. The molecule has 0 radical (unpaired) electrons. The minimum atomic E-state index is -0.287. The van der Waals surface area contributed by atoms with Crippen molar-refractivity contribution in [3.63, 3.8) is 0 Å². The third kappa shape index (κ3) is 6.98. The summed E-state index contributed by atoms with van der Waals surface area (Å²) in [6.07, 6.45) is 2.51. The summed E-state index contributed by atoms with van der Waals surface area (Å²) < 4.78 is 24.5. The molecule has 3 rings (SSSR count). The highest BCUT2D eigenvalue weighted by molar-refractivity contribution is 14.0. The van der Waals surface area contributed by atoms with E-state index >= 15 is 0 Å². The molecule has 1 aromatic carbocycles. The molecule has 1 aromatic heterocycles. The van der Waals surface area contributed by atoms with E-state index in [-0.39, 0.29) is 35.8 Å². The number of halogens is 2. The number of aliphatic imine (C=N–C) groups is 1. The van der Waals surface area contributed by atoms with Gasteiger partial charge in [-0.25, -0.2) is 9.37 Å². The van der Waals surface area contributed by atoms with Crippen molar-refractivity contribution in [3.05, 3.63) is 54.0 Å². The van der Waals surface area contributed by atoms with Crippen LogP contribution in [0.5, 0.6) is 5.75 Å². The van der Waals surface area contributed by atoms with E-state index in [9.17, 15) is 4.39 Å². The number of guanidine groups is 1. The van der Waals surface area contributed by atoms with Crippen LogP contribution in [0.4, 0.5) is 10.2 Å². The van der Waals surface area contributed by atoms with Gasteiger partial charge in [0, 0.05) is 46.0 Å². The lowest BCUT2D eigenvalue weighted by atomic mass is 10.2. The Balaban J connectivity index is 0.00000320. The number of rotatable bonds is 8. The lowest BCUT2D eigenvalue weighted by Crippen LogP contribution is -2.44. The molecule has 164 valence electrons. The summed E-state index contributed by atoms with van der Waals surface area (Å²) in [4.78, 5) is 10.4. The van der Waals surface area contributed by atoms with E-state index < -0.39 is 0 Å². The quantitative estimate of drug-likeness (QED) is 0.237. The Kier molecular flexibility index (Phi) is 10.1. The van der Waals surface area contributed by atoms with Gasteiger partial charge >= 0.3 is 0 Å². The summed E-state index contributed by atoms with van der Waals surface area (Å²) in [6.45, 7) is 3.18. The van der Waals surface area contributed by atoms with Gasteiger partial charge in [0.15, 0.2) is 17.6 Å². The summed E-state index contributed by atoms with van der Waals surface area (Å²) in [6, 6.07) is 11.1.